The van der Waals surface area contributed by atoms with Crippen molar-refractivity contribution < 1.29 is 14.3 Å². The average Bonchev–Trinajstić information content (AvgIpc) is 3.05. The van der Waals surface area contributed by atoms with Crippen LogP contribution in [0.15, 0.2) is 30.3 Å². The van der Waals surface area contributed by atoms with Crippen LogP contribution in [-0.4, -0.2) is 35.6 Å². The van der Waals surface area contributed by atoms with E-state index in [0.717, 1.165) is 17.9 Å². The van der Waals surface area contributed by atoms with E-state index in [-0.39, 0.29) is 23.8 Å². The Morgan fingerprint density at radius 2 is 2.09 bits per heavy atom. The molecule has 0 spiro atoms. The SMILES string of the molecule is CC(C)[C@H](NC(=O)[C@H]1NCCS1)C(=O)OCc1ccccc1. The lowest BCUT2D eigenvalue weighted by Crippen LogP contribution is -2.50. The lowest BCUT2D eigenvalue weighted by atomic mass is 10.0. The van der Waals surface area contributed by atoms with Gasteiger partial charge in [-0.1, -0.05) is 44.2 Å². The Morgan fingerprint density at radius 1 is 1.36 bits per heavy atom. The van der Waals surface area contributed by atoms with Crippen molar-refractivity contribution in [3.05, 3.63) is 35.9 Å². The molecule has 0 bridgehead atoms. The number of amides is 1. The molecule has 1 aromatic carbocycles. The van der Waals surface area contributed by atoms with Gasteiger partial charge >= 0.3 is 5.97 Å². The van der Waals surface area contributed by atoms with Gasteiger partial charge in [-0.05, 0) is 11.5 Å². The zero-order valence-corrected chi connectivity index (χ0v) is 13.7. The lowest BCUT2D eigenvalue weighted by molar-refractivity contribution is -0.150. The third kappa shape index (κ3) is 4.74. The third-order valence-corrected chi connectivity index (χ3v) is 4.55. The topological polar surface area (TPSA) is 67.4 Å². The molecular formula is C16H22N2O3S. The van der Waals surface area contributed by atoms with Gasteiger partial charge in [0, 0.05) is 12.3 Å². The molecule has 0 radical (unpaired) electrons. The van der Waals surface area contributed by atoms with E-state index in [1.54, 1.807) is 11.8 Å². The monoisotopic (exact) mass is 322 g/mol. The van der Waals surface area contributed by atoms with Gasteiger partial charge < -0.3 is 10.1 Å². The molecule has 0 aliphatic carbocycles. The van der Waals surface area contributed by atoms with Crippen LogP contribution >= 0.6 is 11.8 Å². The third-order valence-electron chi connectivity index (χ3n) is 3.40. The van der Waals surface area contributed by atoms with Crippen LogP contribution in [0.1, 0.15) is 19.4 Å². The first-order chi connectivity index (χ1) is 10.6. The summed E-state index contributed by atoms with van der Waals surface area (Å²) in [5.41, 5.74) is 0.928. The average molecular weight is 322 g/mol. The summed E-state index contributed by atoms with van der Waals surface area (Å²) in [5.74, 6) is 0.328. The molecule has 1 heterocycles. The van der Waals surface area contributed by atoms with Gasteiger partial charge in [0.15, 0.2) is 0 Å². The van der Waals surface area contributed by atoms with Crippen molar-refractivity contribution in [1.82, 2.24) is 10.6 Å². The zero-order valence-electron chi connectivity index (χ0n) is 12.9. The number of hydrogen-bond donors (Lipinski definition) is 2. The second-order valence-electron chi connectivity index (χ2n) is 5.53. The Balaban J connectivity index is 1.89. The maximum atomic E-state index is 12.2. The molecule has 2 rings (SSSR count). The smallest absolute Gasteiger partial charge is 0.329 e. The standard InChI is InChI=1S/C16H22N2O3S/c1-11(2)13(18-14(19)15-17-8-9-22-15)16(20)21-10-12-6-4-3-5-7-12/h3-7,11,13,15,17H,8-10H2,1-2H3,(H,18,19)/t13-,15-/m0/s1. The van der Waals surface area contributed by atoms with Crippen molar-refractivity contribution in [2.24, 2.45) is 5.92 Å². The van der Waals surface area contributed by atoms with Crippen molar-refractivity contribution in [2.45, 2.75) is 31.9 Å². The number of nitrogens with one attached hydrogen (secondary N) is 2. The summed E-state index contributed by atoms with van der Waals surface area (Å²) in [4.78, 5) is 24.4. The van der Waals surface area contributed by atoms with Gasteiger partial charge in [-0.3, -0.25) is 10.1 Å². The second-order valence-corrected chi connectivity index (χ2v) is 6.74. The van der Waals surface area contributed by atoms with E-state index in [1.807, 2.05) is 44.2 Å². The molecule has 6 heteroatoms. The van der Waals surface area contributed by atoms with Crippen LogP contribution in [0, 0.1) is 5.92 Å². The molecule has 120 valence electrons. The van der Waals surface area contributed by atoms with Crippen LogP contribution in [0.2, 0.25) is 0 Å². The van der Waals surface area contributed by atoms with Crippen LogP contribution in [0.3, 0.4) is 0 Å². The number of carbonyl (C=O) groups is 2. The molecule has 1 fully saturated rings. The highest BCUT2D eigenvalue weighted by Crippen LogP contribution is 2.15. The van der Waals surface area contributed by atoms with E-state index >= 15 is 0 Å². The van der Waals surface area contributed by atoms with E-state index < -0.39 is 12.0 Å². The highest BCUT2D eigenvalue weighted by Gasteiger charge is 2.30. The Morgan fingerprint density at radius 3 is 2.68 bits per heavy atom. The predicted molar refractivity (Wildman–Crippen MR) is 87.3 cm³/mol. The lowest BCUT2D eigenvalue weighted by Gasteiger charge is -2.22. The van der Waals surface area contributed by atoms with Gasteiger partial charge in [-0.25, -0.2) is 4.79 Å². The van der Waals surface area contributed by atoms with E-state index in [4.69, 9.17) is 4.74 Å². The van der Waals surface area contributed by atoms with Gasteiger partial charge in [0.05, 0.1) is 0 Å². The van der Waals surface area contributed by atoms with Gasteiger partial charge in [-0.15, -0.1) is 11.8 Å². The normalized spacial score (nSPS) is 19.0. The molecule has 2 atom stereocenters. The summed E-state index contributed by atoms with van der Waals surface area (Å²) >= 11 is 1.55. The maximum absolute atomic E-state index is 12.2. The molecule has 1 aliphatic heterocycles. The minimum absolute atomic E-state index is 0.0290. The Kier molecular flexibility index (Phi) is 6.27. The number of carbonyl (C=O) groups excluding carboxylic acids is 2. The fraction of sp³-hybridized carbons (Fsp3) is 0.500. The zero-order chi connectivity index (χ0) is 15.9. The first kappa shape index (κ1) is 16.8. The molecule has 2 N–H and O–H groups in total. The summed E-state index contributed by atoms with van der Waals surface area (Å²) in [6, 6.07) is 8.88. The Hall–Kier alpha value is -1.53. The van der Waals surface area contributed by atoms with Crippen LogP contribution < -0.4 is 10.6 Å². The fourth-order valence-electron chi connectivity index (χ4n) is 2.14. The predicted octanol–water partition coefficient (Wildman–Crippen LogP) is 1.53. The number of ether oxygens (including phenoxy) is 1. The first-order valence-corrected chi connectivity index (χ1v) is 8.48. The first-order valence-electron chi connectivity index (χ1n) is 7.44. The molecule has 0 aromatic heterocycles. The summed E-state index contributed by atoms with van der Waals surface area (Å²) in [6.07, 6.45) is 0. The van der Waals surface area contributed by atoms with Gasteiger partial charge in [-0.2, -0.15) is 0 Å². The van der Waals surface area contributed by atoms with Gasteiger partial charge in [0.25, 0.3) is 0 Å². The number of thioether (sulfide) groups is 1. The number of benzene rings is 1. The van der Waals surface area contributed by atoms with Crippen LogP contribution in [0.25, 0.3) is 0 Å². The number of rotatable bonds is 6. The second kappa shape index (κ2) is 8.19. The molecule has 1 aromatic rings. The molecule has 5 nitrogen and oxygen atoms in total. The van der Waals surface area contributed by atoms with E-state index in [9.17, 15) is 9.59 Å². The Bertz CT molecular complexity index is 501. The molecule has 22 heavy (non-hydrogen) atoms. The van der Waals surface area contributed by atoms with Crippen LogP contribution in [-0.2, 0) is 20.9 Å². The highest BCUT2D eigenvalue weighted by atomic mass is 32.2. The number of hydrogen-bond acceptors (Lipinski definition) is 5. The van der Waals surface area contributed by atoms with Crippen molar-refractivity contribution in [3.8, 4) is 0 Å². The maximum Gasteiger partial charge on any atom is 0.329 e. The van der Waals surface area contributed by atoms with Crippen molar-refractivity contribution in [3.63, 3.8) is 0 Å². The molecule has 1 saturated heterocycles. The fourth-order valence-corrected chi connectivity index (χ4v) is 3.07. The highest BCUT2D eigenvalue weighted by molar-refractivity contribution is 8.00. The van der Waals surface area contributed by atoms with Crippen LogP contribution in [0.4, 0.5) is 0 Å². The molecule has 0 unspecified atom stereocenters. The largest absolute Gasteiger partial charge is 0.459 e. The van der Waals surface area contributed by atoms with Crippen molar-refractivity contribution >= 4 is 23.6 Å². The van der Waals surface area contributed by atoms with E-state index in [2.05, 4.69) is 10.6 Å². The minimum Gasteiger partial charge on any atom is -0.459 e. The summed E-state index contributed by atoms with van der Waals surface area (Å²) in [6.45, 7) is 4.82. The van der Waals surface area contributed by atoms with Crippen molar-refractivity contribution in [1.29, 1.82) is 0 Å². The van der Waals surface area contributed by atoms with Gasteiger partial charge in [0.1, 0.15) is 18.0 Å². The van der Waals surface area contributed by atoms with E-state index in [0.29, 0.717) is 0 Å². The summed E-state index contributed by atoms with van der Waals surface area (Å²) < 4.78 is 5.33. The van der Waals surface area contributed by atoms with Crippen molar-refractivity contribution in [2.75, 3.05) is 12.3 Å². The summed E-state index contributed by atoms with van der Waals surface area (Å²) in [5, 5.41) is 5.62. The molecule has 1 amide bonds. The van der Waals surface area contributed by atoms with Gasteiger partial charge in [0.2, 0.25) is 5.91 Å². The molecular weight excluding hydrogens is 300 g/mol. The quantitative estimate of drug-likeness (QED) is 0.778. The van der Waals surface area contributed by atoms with Crippen LogP contribution in [0.5, 0.6) is 0 Å². The molecule has 0 saturated carbocycles. The van der Waals surface area contributed by atoms with E-state index in [1.165, 1.54) is 0 Å². The number of esters is 1. The molecule has 1 aliphatic rings. The minimum atomic E-state index is -0.626. The summed E-state index contributed by atoms with van der Waals surface area (Å²) in [7, 11) is 0. The Labute approximate surface area is 135 Å².